The highest BCUT2D eigenvalue weighted by atomic mass is 19.2. The third-order valence-electron chi connectivity index (χ3n) is 2.64. The predicted molar refractivity (Wildman–Crippen MR) is 72.9 cm³/mol. The zero-order valence-corrected chi connectivity index (χ0v) is 12.6. The lowest BCUT2D eigenvalue weighted by Crippen LogP contribution is -2.29. The topological polar surface area (TPSA) is 59.0 Å². The molecular formula is C14H14F4N2O3. The molecule has 0 heterocycles. The fourth-order valence-corrected chi connectivity index (χ4v) is 1.59. The summed E-state index contributed by atoms with van der Waals surface area (Å²) >= 11 is 0. The molecule has 1 aromatic rings. The number of Topliss-reactive ketones (excluding diaryl/α,β-unsaturated/α-hetero) is 1. The number of ether oxygens (including phenoxy) is 1. The number of benzene rings is 1. The van der Waals surface area contributed by atoms with Gasteiger partial charge in [0.15, 0.2) is 35.0 Å². The van der Waals surface area contributed by atoms with E-state index in [-0.39, 0.29) is 12.7 Å². The third-order valence-corrected chi connectivity index (χ3v) is 2.64. The molecule has 0 spiro atoms. The largest absolute Gasteiger partial charge is 0.465 e. The summed E-state index contributed by atoms with van der Waals surface area (Å²) in [6.45, 7) is 1.40. The Morgan fingerprint density at radius 2 is 1.83 bits per heavy atom. The molecule has 0 N–H and O–H groups in total. The lowest BCUT2D eigenvalue weighted by atomic mass is 9.97. The summed E-state index contributed by atoms with van der Waals surface area (Å²) in [5.41, 5.74) is -1.11. The molecule has 0 aliphatic carbocycles. The van der Waals surface area contributed by atoms with E-state index >= 15 is 0 Å². The fraction of sp³-hybridized carbons (Fsp3) is 0.357. The Bertz CT molecular complexity index is 647. The summed E-state index contributed by atoms with van der Waals surface area (Å²) in [7, 11) is 2.97. The van der Waals surface area contributed by atoms with Gasteiger partial charge in [0, 0.05) is 20.3 Å². The lowest BCUT2D eigenvalue weighted by molar-refractivity contribution is -0.144. The first-order valence-corrected chi connectivity index (χ1v) is 6.45. The van der Waals surface area contributed by atoms with Crippen molar-refractivity contribution in [1.82, 2.24) is 5.01 Å². The van der Waals surface area contributed by atoms with E-state index in [4.69, 9.17) is 0 Å². The predicted octanol–water partition coefficient (Wildman–Crippen LogP) is 2.15. The van der Waals surface area contributed by atoms with E-state index in [1.807, 2.05) is 0 Å². The van der Waals surface area contributed by atoms with Gasteiger partial charge in [0.25, 0.3) is 0 Å². The normalized spacial score (nSPS) is 12.3. The fourth-order valence-electron chi connectivity index (χ4n) is 1.59. The number of hydrogen-bond acceptors (Lipinski definition) is 5. The van der Waals surface area contributed by atoms with Gasteiger partial charge in [-0.3, -0.25) is 9.59 Å². The highest BCUT2D eigenvalue weighted by Gasteiger charge is 2.32. The van der Waals surface area contributed by atoms with Gasteiger partial charge in [-0.05, 0) is 13.0 Å². The number of esters is 1. The molecule has 0 saturated heterocycles. The van der Waals surface area contributed by atoms with Crippen LogP contribution in [0.15, 0.2) is 11.2 Å². The summed E-state index contributed by atoms with van der Waals surface area (Å²) in [5.74, 6) is -11.9. The van der Waals surface area contributed by atoms with E-state index in [1.165, 1.54) is 26.0 Å². The van der Waals surface area contributed by atoms with E-state index in [1.54, 1.807) is 0 Å². The zero-order valence-electron chi connectivity index (χ0n) is 12.6. The monoisotopic (exact) mass is 334 g/mol. The van der Waals surface area contributed by atoms with E-state index in [2.05, 4.69) is 9.84 Å². The molecule has 0 bridgehead atoms. The maximum atomic E-state index is 13.7. The second kappa shape index (κ2) is 7.70. The molecule has 1 rings (SSSR count). The molecule has 0 saturated carbocycles. The minimum Gasteiger partial charge on any atom is -0.465 e. The SMILES string of the molecule is CCOC(=O)C(C=NN(C)C)C(=O)c1cc(F)c(F)c(F)c1F. The minimum atomic E-state index is -2.14. The van der Waals surface area contributed by atoms with Crippen LogP contribution in [0.3, 0.4) is 0 Å². The highest BCUT2D eigenvalue weighted by Crippen LogP contribution is 2.21. The minimum absolute atomic E-state index is 0.0763. The Hall–Kier alpha value is -2.45. The summed E-state index contributed by atoms with van der Waals surface area (Å²) in [6.07, 6.45) is 0.846. The number of hydrazone groups is 1. The first-order valence-electron chi connectivity index (χ1n) is 6.45. The zero-order chi connectivity index (χ0) is 17.7. The number of hydrogen-bond donors (Lipinski definition) is 0. The average molecular weight is 334 g/mol. The average Bonchev–Trinajstić information content (AvgIpc) is 2.48. The molecular weight excluding hydrogens is 320 g/mol. The van der Waals surface area contributed by atoms with Gasteiger partial charge in [0.1, 0.15) is 0 Å². The third kappa shape index (κ3) is 4.27. The van der Waals surface area contributed by atoms with E-state index in [9.17, 15) is 27.2 Å². The van der Waals surface area contributed by atoms with E-state index in [0.29, 0.717) is 0 Å². The number of nitrogens with zero attached hydrogens (tertiary/aromatic N) is 2. The molecule has 0 amide bonds. The van der Waals surface area contributed by atoms with Crippen molar-refractivity contribution in [3.05, 3.63) is 34.9 Å². The smallest absolute Gasteiger partial charge is 0.322 e. The highest BCUT2D eigenvalue weighted by molar-refractivity contribution is 6.18. The quantitative estimate of drug-likeness (QED) is 0.117. The number of ketones is 1. The van der Waals surface area contributed by atoms with Crippen molar-refractivity contribution in [2.45, 2.75) is 6.92 Å². The van der Waals surface area contributed by atoms with Gasteiger partial charge in [-0.1, -0.05) is 0 Å². The Labute approximate surface area is 129 Å². The molecule has 0 radical (unpaired) electrons. The molecule has 5 nitrogen and oxygen atoms in total. The van der Waals surface area contributed by atoms with Gasteiger partial charge in [-0.15, -0.1) is 0 Å². The van der Waals surface area contributed by atoms with Gasteiger partial charge in [-0.2, -0.15) is 5.10 Å². The van der Waals surface area contributed by atoms with Crippen molar-refractivity contribution in [2.75, 3.05) is 20.7 Å². The van der Waals surface area contributed by atoms with Crippen LogP contribution in [0.2, 0.25) is 0 Å². The van der Waals surface area contributed by atoms with Gasteiger partial charge in [0.2, 0.25) is 0 Å². The van der Waals surface area contributed by atoms with E-state index in [0.717, 1.165) is 6.21 Å². The summed E-state index contributed by atoms with van der Waals surface area (Å²) < 4.78 is 57.7. The van der Waals surface area contributed by atoms with Crippen molar-refractivity contribution >= 4 is 18.0 Å². The van der Waals surface area contributed by atoms with Gasteiger partial charge < -0.3 is 9.75 Å². The van der Waals surface area contributed by atoms with Crippen molar-refractivity contribution in [1.29, 1.82) is 0 Å². The van der Waals surface area contributed by atoms with Crippen LogP contribution in [-0.2, 0) is 9.53 Å². The molecule has 1 unspecified atom stereocenters. The maximum Gasteiger partial charge on any atom is 0.322 e. The molecule has 0 aliphatic rings. The number of halogens is 4. The summed E-state index contributed by atoms with van der Waals surface area (Å²) in [6, 6.07) is 0.186. The van der Waals surface area contributed by atoms with Crippen molar-refractivity contribution in [3.63, 3.8) is 0 Å². The first-order chi connectivity index (χ1) is 10.7. The Balaban J connectivity index is 3.32. The van der Waals surface area contributed by atoms with Crippen LogP contribution in [0.4, 0.5) is 17.6 Å². The number of carbonyl (C=O) groups is 2. The van der Waals surface area contributed by atoms with Crippen LogP contribution in [0, 0.1) is 29.2 Å². The summed E-state index contributed by atoms with van der Waals surface area (Å²) in [5, 5.41) is 4.91. The standard InChI is InChI=1S/C14H14F4N2O3/c1-4-23-14(22)8(6-19-20(2)3)13(21)7-5-9(15)11(17)12(18)10(7)16/h5-6,8H,4H2,1-3H3. The van der Waals surface area contributed by atoms with Crippen LogP contribution in [0.1, 0.15) is 17.3 Å². The Morgan fingerprint density at radius 1 is 1.22 bits per heavy atom. The lowest BCUT2D eigenvalue weighted by Gasteiger charge is -2.13. The molecule has 23 heavy (non-hydrogen) atoms. The van der Waals surface area contributed by atoms with Gasteiger partial charge in [-0.25, -0.2) is 17.6 Å². The first kappa shape index (κ1) is 18.6. The van der Waals surface area contributed by atoms with Crippen LogP contribution in [0.5, 0.6) is 0 Å². The van der Waals surface area contributed by atoms with Crippen molar-refractivity contribution < 1.29 is 31.9 Å². The van der Waals surface area contributed by atoms with Gasteiger partial charge >= 0.3 is 5.97 Å². The Morgan fingerprint density at radius 3 is 2.35 bits per heavy atom. The molecule has 126 valence electrons. The van der Waals surface area contributed by atoms with Crippen molar-refractivity contribution in [2.24, 2.45) is 11.0 Å². The molecule has 9 heteroatoms. The van der Waals surface area contributed by atoms with Gasteiger partial charge in [0.05, 0.1) is 12.2 Å². The Kier molecular flexibility index (Phi) is 6.23. The maximum absolute atomic E-state index is 13.7. The molecule has 1 atom stereocenters. The van der Waals surface area contributed by atoms with Crippen LogP contribution in [-0.4, -0.2) is 43.7 Å². The van der Waals surface area contributed by atoms with Crippen LogP contribution >= 0.6 is 0 Å². The molecule has 0 fully saturated rings. The van der Waals surface area contributed by atoms with Crippen molar-refractivity contribution in [3.8, 4) is 0 Å². The van der Waals surface area contributed by atoms with Crippen LogP contribution < -0.4 is 0 Å². The number of rotatable bonds is 6. The molecule has 0 aliphatic heterocycles. The second-order valence-electron chi connectivity index (χ2n) is 4.55. The molecule has 0 aromatic heterocycles. The molecule has 1 aromatic carbocycles. The summed E-state index contributed by atoms with van der Waals surface area (Å²) in [4.78, 5) is 24.0. The number of carbonyl (C=O) groups excluding carboxylic acids is 2. The van der Waals surface area contributed by atoms with E-state index < -0.39 is 46.5 Å². The van der Waals surface area contributed by atoms with Crippen LogP contribution in [0.25, 0.3) is 0 Å². The second-order valence-corrected chi connectivity index (χ2v) is 4.55.